The molecule has 1 nitrogen and oxygen atoms in total. The van der Waals surface area contributed by atoms with E-state index in [2.05, 4.69) is 4.98 Å². The molecule has 0 bridgehead atoms. The maximum Gasteiger partial charge on any atom is 0.0735 e. The molecule has 1 aliphatic carbocycles. The van der Waals surface area contributed by atoms with Crippen molar-refractivity contribution in [2.45, 2.75) is 19.3 Å². The van der Waals surface area contributed by atoms with Crippen LogP contribution in [-0.4, -0.2) is 4.98 Å². The Hall–Kier alpha value is -0.470. The Balaban J connectivity index is 0.00000133. The molecule has 19 heavy (non-hydrogen) atoms. The predicted octanol–water partition coefficient (Wildman–Crippen LogP) is 5.62. The van der Waals surface area contributed by atoms with Gasteiger partial charge in [-0.2, -0.15) is 0 Å². The number of hydrogen-bond acceptors (Lipinski definition) is 1. The van der Waals surface area contributed by atoms with Crippen LogP contribution in [0.15, 0.2) is 24.3 Å². The predicted molar refractivity (Wildman–Crippen MR) is 84.0 cm³/mol. The van der Waals surface area contributed by atoms with Crippen LogP contribution in [0.2, 0.25) is 15.1 Å². The van der Waals surface area contributed by atoms with Crippen molar-refractivity contribution in [3.63, 3.8) is 0 Å². The van der Waals surface area contributed by atoms with E-state index in [1.54, 1.807) is 12.1 Å². The number of nitrogens with zero attached hydrogens (tertiary/aromatic N) is 1. The third-order valence-electron chi connectivity index (χ3n) is 3.20. The molecule has 100 valence electrons. The van der Waals surface area contributed by atoms with Crippen LogP contribution in [0.1, 0.15) is 17.7 Å². The Kier molecular flexibility index (Phi) is 4.62. The van der Waals surface area contributed by atoms with Crippen LogP contribution in [0.3, 0.4) is 0 Å². The second-order valence-corrected chi connectivity index (χ2v) is 5.64. The Morgan fingerprint density at radius 1 is 0.947 bits per heavy atom. The SMILES string of the molecule is Cl.Clc1ccc(Cl)c(-c2cc(Cl)c3c(n2)CCC3)c1. The van der Waals surface area contributed by atoms with Crippen molar-refractivity contribution in [2.75, 3.05) is 0 Å². The van der Waals surface area contributed by atoms with Crippen LogP contribution in [0, 0.1) is 0 Å². The largest absolute Gasteiger partial charge is 0.252 e. The average Bonchev–Trinajstić information content (AvgIpc) is 2.81. The minimum absolute atomic E-state index is 0. The number of fused-ring (bicyclic) bond motifs is 1. The first-order valence-corrected chi connectivity index (χ1v) is 6.92. The highest BCUT2D eigenvalue weighted by Gasteiger charge is 2.18. The molecule has 1 heterocycles. The van der Waals surface area contributed by atoms with Gasteiger partial charge >= 0.3 is 0 Å². The summed E-state index contributed by atoms with van der Waals surface area (Å²) in [6, 6.07) is 7.25. The lowest BCUT2D eigenvalue weighted by molar-refractivity contribution is 0.900. The van der Waals surface area contributed by atoms with E-state index in [-0.39, 0.29) is 12.4 Å². The monoisotopic (exact) mass is 333 g/mol. The van der Waals surface area contributed by atoms with Gasteiger partial charge in [0, 0.05) is 21.3 Å². The molecule has 1 aromatic carbocycles. The molecular formula is C14H11Cl4N. The van der Waals surface area contributed by atoms with E-state index in [1.165, 1.54) is 5.56 Å². The number of hydrogen-bond donors (Lipinski definition) is 0. The number of benzene rings is 1. The lowest BCUT2D eigenvalue weighted by atomic mass is 10.1. The molecule has 5 heteroatoms. The lowest BCUT2D eigenvalue weighted by Crippen LogP contribution is -1.93. The van der Waals surface area contributed by atoms with E-state index >= 15 is 0 Å². The zero-order valence-corrected chi connectivity index (χ0v) is 13.0. The fourth-order valence-electron chi connectivity index (χ4n) is 2.33. The molecule has 0 atom stereocenters. The number of rotatable bonds is 1. The van der Waals surface area contributed by atoms with Gasteiger partial charge in [-0.25, -0.2) is 0 Å². The number of pyridine rings is 1. The highest BCUT2D eigenvalue weighted by molar-refractivity contribution is 6.35. The van der Waals surface area contributed by atoms with E-state index in [9.17, 15) is 0 Å². The van der Waals surface area contributed by atoms with Crippen molar-refractivity contribution in [2.24, 2.45) is 0 Å². The van der Waals surface area contributed by atoms with E-state index in [0.717, 1.165) is 41.2 Å². The molecule has 0 saturated heterocycles. The van der Waals surface area contributed by atoms with Gasteiger partial charge in [-0.15, -0.1) is 12.4 Å². The highest BCUT2D eigenvalue weighted by Crippen LogP contribution is 2.35. The Morgan fingerprint density at radius 3 is 2.53 bits per heavy atom. The maximum absolute atomic E-state index is 6.30. The van der Waals surface area contributed by atoms with Crippen molar-refractivity contribution in [3.8, 4) is 11.3 Å². The van der Waals surface area contributed by atoms with Gasteiger partial charge in [0.25, 0.3) is 0 Å². The minimum Gasteiger partial charge on any atom is -0.252 e. The van der Waals surface area contributed by atoms with E-state index in [1.807, 2.05) is 12.1 Å². The molecule has 2 aromatic rings. The summed E-state index contributed by atoms with van der Waals surface area (Å²) in [5.41, 5.74) is 3.90. The maximum atomic E-state index is 6.30. The van der Waals surface area contributed by atoms with Crippen molar-refractivity contribution in [1.29, 1.82) is 0 Å². The second-order valence-electron chi connectivity index (χ2n) is 4.39. The van der Waals surface area contributed by atoms with Crippen LogP contribution < -0.4 is 0 Å². The topological polar surface area (TPSA) is 12.9 Å². The molecule has 0 N–H and O–H groups in total. The summed E-state index contributed by atoms with van der Waals surface area (Å²) in [6.07, 6.45) is 3.13. The average molecular weight is 335 g/mol. The summed E-state index contributed by atoms with van der Waals surface area (Å²) in [5, 5.41) is 2.07. The summed E-state index contributed by atoms with van der Waals surface area (Å²) < 4.78 is 0. The standard InChI is InChI=1S/C14H10Cl3N.ClH/c15-8-4-5-11(16)10(6-8)14-7-12(17)9-2-1-3-13(9)18-14;/h4-7H,1-3H2;1H. The number of aryl methyl sites for hydroxylation is 1. The van der Waals surface area contributed by atoms with Crippen LogP contribution in [0.4, 0.5) is 0 Å². The van der Waals surface area contributed by atoms with E-state index in [4.69, 9.17) is 34.8 Å². The van der Waals surface area contributed by atoms with Gasteiger partial charge in [-0.1, -0.05) is 34.8 Å². The van der Waals surface area contributed by atoms with Crippen LogP contribution in [-0.2, 0) is 12.8 Å². The Labute approximate surface area is 133 Å². The quantitative estimate of drug-likeness (QED) is 0.659. The number of halogens is 4. The van der Waals surface area contributed by atoms with Gasteiger partial charge in [0.2, 0.25) is 0 Å². The molecular weight excluding hydrogens is 324 g/mol. The first kappa shape index (κ1) is 14.9. The smallest absolute Gasteiger partial charge is 0.0735 e. The fourth-order valence-corrected chi connectivity index (χ4v) is 3.02. The summed E-state index contributed by atoms with van der Waals surface area (Å²) in [5.74, 6) is 0. The summed E-state index contributed by atoms with van der Waals surface area (Å²) in [6.45, 7) is 0. The minimum atomic E-state index is 0. The van der Waals surface area contributed by atoms with Crippen LogP contribution >= 0.6 is 47.2 Å². The molecule has 0 fully saturated rings. The summed E-state index contributed by atoms with van der Waals surface area (Å²) >= 11 is 18.5. The molecule has 1 aromatic heterocycles. The zero-order valence-electron chi connectivity index (χ0n) is 9.92. The summed E-state index contributed by atoms with van der Waals surface area (Å²) in [7, 11) is 0. The molecule has 0 aliphatic heterocycles. The van der Waals surface area contributed by atoms with Crippen molar-refractivity contribution in [3.05, 3.63) is 50.6 Å². The summed E-state index contributed by atoms with van der Waals surface area (Å²) in [4.78, 5) is 4.66. The highest BCUT2D eigenvalue weighted by atomic mass is 35.5. The third kappa shape index (κ3) is 2.85. The molecule has 0 radical (unpaired) electrons. The van der Waals surface area contributed by atoms with Crippen molar-refractivity contribution in [1.82, 2.24) is 4.98 Å². The van der Waals surface area contributed by atoms with Gasteiger partial charge in [0.1, 0.15) is 0 Å². The number of aromatic nitrogens is 1. The zero-order chi connectivity index (χ0) is 12.7. The van der Waals surface area contributed by atoms with Crippen molar-refractivity contribution < 1.29 is 0 Å². The van der Waals surface area contributed by atoms with Gasteiger partial charge < -0.3 is 0 Å². The van der Waals surface area contributed by atoms with Gasteiger partial charge in [0.15, 0.2) is 0 Å². The van der Waals surface area contributed by atoms with Gasteiger partial charge in [-0.3, -0.25) is 4.98 Å². The lowest BCUT2D eigenvalue weighted by Gasteiger charge is -2.08. The third-order valence-corrected chi connectivity index (χ3v) is 4.10. The van der Waals surface area contributed by atoms with E-state index in [0.29, 0.717) is 10.0 Å². The van der Waals surface area contributed by atoms with Crippen LogP contribution in [0.5, 0.6) is 0 Å². The molecule has 0 amide bonds. The Morgan fingerprint density at radius 2 is 1.74 bits per heavy atom. The molecule has 0 unspecified atom stereocenters. The van der Waals surface area contributed by atoms with Crippen LogP contribution in [0.25, 0.3) is 11.3 Å². The first-order valence-electron chi connectivity index (χ1n) is 5.79. The first-order chi connectivity index (χ1) is 8.65. The van der Waals surface area contributed by atoms with Gasteiger partial charge in [0.05, 0.1) is 10.7 Å². The molecule has 0 spiro atoms. The fraction of sp³-hybridized carbons (Fsp3) is 0.214. The van der Waals surface area contributed by atoms with E-state index < -0.39 is 0 Å². The Bertz CT molecular complexity index is 625. The molecule has 0 saturated carbocycles. The normalized spacial score (nSPS) is 13.0. The van der Waals surface area contributed by atoms with Crippen molar-refractivity contribution >= 4 is 47.2 Å². The second kappa shape index (κ2) is 5.88. The van der Waals surface area contributed by atoms with Gasteiger partial charge in [-0.05, 0) is 49.1 Å². The molecule has 1 aliphatic rings. The molecule has 3 rings (SSSR count).